The number of methoxy groups -OCH3 is 1. The quantitative estimate of drug-likeness (QED) is 0.904. The Labute approximate surface area is 123 Å². The second-order valence-corrected chi connectivity index (χ2v) is 4.17. The zero-order chi connectivity index (χ0) is 16.3. The summed E-state index contributed by atoms with van der Waals surface area (Å²) < 4.78 is 43.6. The van der Waals surface area contributed by atoms with Crippen molar-refractivity contribution in [2.24, 2.45) is 5.73 Å². The third kappa shape index (κ3) is 3.43. The average Bonchev–Trinajstić information content (AvgIpc) is 2.47. The van der Waals surface area contributed by atoms with Crippen LogP contribution in [0, 0.1) is 0 Å². The van der Waals surface area contributed by atoms with Crippen molar-refractivity contribution in [2.45, 2.75) is 6.18 Å². The fraction of sp³-hybridized carbons (Fsp3) is 0.154. The van der Waals surface area contributed by atoms with E-state index in [-0.39, 0.29) is 5.95 Å². The number of aromatic nitrogens is 2. The van der Waals surface area contributed by atoms with Crippen LogP contribution in [-0.2, 0) is 6.18 Å². The Morgan fingerprint density at radius 1 is 1.27 bits per heavy atom. The number of alkyl halides is 3. The molecule has 6 nitrogen and oxygen atoms in total. The molecule has 116 valence electrons. The smallest absolute Gasteiger partial charge is 0.434 e. The minimum atomic E-state index is -4.82. The number of ether oxygens (including phenoxy) is 1. The number of nitrogens with zero attached hydrogens (tertiary/aromatic N) is 2. The van der Waals surface area contributed by atoms with Crippen LogP contribution in [0.2, 0.25) is 0 Å². The molecule has 1 aromatic heterocycles. The van der Waals surface area contributed by atoms with Crippen molar-refractivity contribution in [3.8, 4) is 5.75 Å². The first-order valence-electron chi connectivity index (χ1n) is 5.96. The molecule has 1 heterocycles. The van der Waals surface area contributed by atoms with Crippen LogP contribution < -0.4 is 15.8 Å². The van der Waals surface area contributed by atoms with Crippen molar-refractivity contribution in [3.63, 3.8) is 0 Å². The second-order valence-electron chi connectivity index (χ2n) is 4.17. The molecule has 0 fully saturated rings. The maximum atomic E-state index is 12.9. The molecule has 0 bridgehead atoms. The van der Waals surface area contributed by atoms with E-state index in [0.717, 1.165) is 6.20 Å². The molecule has 0 unspecified atom stereocenters. The SMILES string of the molecule is COc1ccc(Nc2ncc(C(N)=O)c(C(F)(F)F)n2)cc1. The number of rotatable bonds is 4. The Hall–Kier alpha value is -2.84. The Bertz CT molecular complexity index is 687. The first-order valence-corrected chi connectivity index (χ1v) is 5.96. The highest BCUT2D eigenvalue weighted by Crippen LogP contribution is 2.31. The minimum Gasteiger partial charge on any atom is -0.497 e. The second kappa shape index (κ2) is 5.88. The molecular formula is C13H11F3N4O2. The molecule has 0 aliphatic rings. The number of amides is 1. The van der Waals surface area contributed by atoms with Crippen LogP contribution in [0.25, 0.3) is 0 Å². The van der Waals surface area contributed by atoms with E-state index in [1.807, 2.05) is 0 Å². The van der Waals surface area contributed by atoms with Crippen LogP contribution >= 0.6 is 0 Å². The number of nitrogens with two attached hydrogens (primary N) is 1. The van der Waals surface area contributed by atoms with Crippen molar-refractivity contribution in [1.82, 2.24) is 9.97 Å². The summed E-state index contributed by atoms with van der Waals surface area (Å²) in [5, 5.41) is 2.60. The normalized spacial score (nSPS) is 11.1. The van der Waals surface area contributed by atoms with Gasteiger partial charge in [0.1, 0.15) is 5.75 Å². The van der Waals surface area contributed by atoms with E-state index in [1.54, 1.807) is 24.3 Å². The Morgan fingerprint density at radius 3 is 2.41 bits per heavy atom. The van der Waals surface area contributed by atoms with Gasteiger partial charge in [0, 0.05) is 11.9 Å². The summed E-state index contributed by atoms with van der Waals surface area (Å²) in [7, 11) is 1.49. The number of carbonyl (C=O) groups is 1. The molecule has 0 atom stereocenters. The number of hydrogen-bond donors (Lipinski definition) is 2. The van der Waals surface area contributed by atoms with Crippen molar-refractivity contribution in [2.75, 3.05) is 12.4 Å². The zero-order valence-corrected chi connectivity index (χ0v) is 11.3. The number of carbonyl (C=O) groups excluding carboxylic acids is 1. The lowest BCUT2D eigenvalue weighted by molar-refractivity contribution is -0.141. The third-order valence-corrected chi connectivity index (χ3v) is 2.67. The van der Waals surface area contributed by atoms with Gasteiger partial charge in [-0.2, -0.15) is 13.2 Å². The zero-order valence-electron chi connectivity index (χ0n) is 11.3. The van der Waals surface area contributed by atoms with Crippen molar-refractivity contribution in [3.05, 3.63) is 41.7 Å². The van der Waals surface area contributed by atoms with Gasteiger partial charge in [0.2, 0.25) is 5.95 Å². The number of halogens is 3. The molecule has 0 aliphatic carbocycles. The fourth-order valence-electron chi connectivity index (χ4n) is 1.64. The molecular weight excluding hydrogens is 301 g/mol. The van der Waals surface area contributed by atoms with Crippen LogP contribution in [0.3, 0.4) is 0 Å². The fourth-order valence-corrected chi connectivity index (χ4v) is 1.64. The lowest BCUT2D eigenvalue weighted by Gasteiger charge is -2.12. The van der Waals surface area contributed by atoms with Gasteiger partial charge in [-0.1, -0.05) is 0 Å². The summed E-state index contributed by atoms with van der Waals surface area (Å²) in [6.07, 6.45) is -4.08. The van der Waals surface area contributed by atoms with Gasteiger partial charge in [-0.05, 0) is 24.3 Å². The van der Waals surface area contributed by atoms with E-state index in [0.29, 0.717) is 11.4 Å². The molecule has 0 radical (unpaired) electrons. The molecule has 0 aliphatic heterocycles. The van der Waals surface area contributed by atoms with Gasteiger partial charge in [-0.25, -0.2) is 9.97 Å². The lowest BCUT2D eigenvalue weighted by atomic mass is 10.2. The summed E-state index contributed by atoms with van der Waals surface area (Å²) in [6.45, 7) is 0. The molecule has 0 spiro atoms. The van der Waals surface area contributed by atoms with Crippen LogP contribution in [0.4, 0.5) is 24.8 Å². The summed E-state index contributed by atoms with van der Waals surface area (Å²) in [5.41, 5.74) is 3.18. The van der Waals surface area contributed by atoms with E-state index in [1.165, 1.54) is 7.11 Å². The molecule has 2 rings (SSSR count). The predicted molar refractivity (Wildman–Crippen MR) is 71.8 cm³/mol. The van der Waals surface area contributed by atoms with E-state index in [2.05, 4.69) is 15.3 Å². The van der Waals surface area contributed by atoms with Crippen LogP contribution in [0.1, 0.15) is 16.1 Å². The van der Waals surface area contributed by atoms with Gasteiger partial charge >= 0.3 is 6.18 Å². The largest absolute Gasteiger partial charge is 0.497 e. The lowest BCUT2D eigenvalue weighted by Crippen LogP contribution is -2.21. The predicted octanol–water partition coefficient (Wildman–Crippen LogP) is 2.35. The van der Waals surface area contributed by atoms with Crippen LogP contribution in [0.15, 0.2) is 30.5 Å². The molecule has 3 N–H and O–H groups in total. The summed E-state index contributed by atoms with van der Waals surface area (Å²) in [6, 6.07) is 6.39. The number of anilines is 2. The molecule has 9 heteroatoms. The van der Waals surface area contributed by atoms with Crippen molar-refractivity contribution in [1.29, 1.82) is 0 Å². The summed E-state index contributed by atoms with van der Waals surface area (Å²) in [5.74, 6) is -0.961. The molecule has 1 amide bonds. The minimum absolute atomic E-state index is 0.303. The maximum Gasteiger partial charge on any atom is 0.434 e. The Balaban J connectivity index is 2.33. The van der Waals surface area contributed by atoms with Crippen molar-refractivity contribution >= 4 is 17.5 Å². The van der Waals surface area contributed by atoms with E-state index < -0.39 is 23.3 Å². The van der Waals surface area contributed by atoms with Gasteiger partial charge in [0.15, 0.2) is 5.69 Å². The highest BCUT2D eigenvalue weighted by Gasteiger charge is 2.37. The third-order valence-electron chi connectivity index (χ3n) is 2.67. The van der Waals surface area contributed by atoms with Crippen LogP contribution in [0.5, 0.6) is 5.75 Å². The molecule has 0 saturated heterocycles. The molecule has 1 aromatic carbocycles. The Kier molecular flexibility index (Phi) is 4.15. The number of hydrogen-bond acceptors (Lipinski definition) is 5. The standard InChI is InChI=1S/C13H11F3N4O2/c1-22-8-4-2-7(3-5-8)19-12-18-6-9(11(17)21)10(20-12)13(14,15)16/h2-6H,1H3,(H2,17,21)(H,18,19,20). The summed E-state index contributed by atoms with van der Waals surface area (Å²) in [4.78, 5) is 18.0. The van der Waals surface area contributed by atoms with E-state index in [9.17, 15) is 18.0 Å². The number of nitrogens with one attached hydrogen (secondary N) is 1. The topological polar surface area (TPSA) is 90.1 Å². The Morgan fingerprint density at radius 2 is 1.91 bits per heavy atom. The summed E-state index contributed by atoms with van der Waals surface area (Å²) >= 11 is 0. The van der Waals surface area contributed by atoms with Gasteiger partial charge in [0.05, 0.1) is 12.7 Å². The monoisotopic (exact) mass is 312 g/mol. The number of primary amides is 1. The molecule has 22 heavy (non-hydrogen) atoms. The van der Waals surface area contributed by atoms with Gasteiger partial charge in [-0.15, -0.1) is 0 Å². The first kappa shape index (κ1) is 15.5. The number of benzene rings is 1. The van der Waals surface area contributed by atoms with Gasteiger partial charge in [0.25, 0.3) is 5.91 Å². The highest BCUT2D eigenvalue weighted by atomic mass is 19.4. The first-order chi connectivity index (χ1) is 10.3. The average molecular weight is 312 g/mol. The van der Waals surface area contributed by atoms with Crippen LogP contribution in [-0.4, -0.2) is 23.0 Å². The van der Waals surface area contributed by atoms with Gasteiger partial charge < -0.3 is 15.8 Å². The molecule has 0 saturated carbocycles. The molecule has 2 aromatic rings. The van der Waals surface area contributed by atoms with Gasteiger partial charge in [-0.3, -0.25) is 4.79 Å². The highest BCUT2D eigenvalue weighted by molar-refractivity contribution is 5.93. The van der Waals surface area contributed by atoms with E-state index in [4.69, 9.17) is 10.5 Å². The van der Waals surface area contributed by atoms with E-state index >= 15 is 0 Å². The maximum absolute atomic E-state index is 12.9. The van der Waals surface area contributed by atoms with Crippen molar-refractivity contribution < 1.29 is 22.7 Å².